The molecule has 2 amide bonds. The van der Waals surface area contributed by atoms with Crippen LogP contribution >= 0.6 is 11.3 Å². The Morgan fingerprint density at radius 3 is 2.46 bits per heavy atom. The molecular weight excluding hydrogens is 354 g/mol. The lowest BCUT2D eigenvalue weighted by molar-refractivity contribution is 0.0297. The van der Waals surface area contributed by atoms with E-state index in [9.17, 15) is 9.59 Å². The van der Waals surface area contributed by atoms with Crippen molar-refractivity contribution >= 4 is 23.2 Å². The van der Waals surface area contributed by atoms with Crippen LogP contribution in [-0.4, -0.2) is 62.7 Å². The summed E-state index contributed by atoms with van der Waals surface area (Å²) in [4.78, 5) is 34.3. The van der Waals surface area contributed by atoms with Gasteiger partial charge in [0.15, 0.2) is 5.69 Å². The molecule has 0 saturated carbocycles. The van der Waals surface area contributed by atoms with Crippen molar-refractivity contribution in [3.05, 3.63) is 32.5 Å². The number of aromatic nitrogens is 3. The van der Waals surface area contributed by atoms with Gasteiger partial charge >= 0.3 is 0 Å². The first-order valence-corrected chi connectivity index (χ1v) is 9.42. The number of nitrogens with zero attached hydrogens (tertiary/aromatic N) is 5. The van der Waals surface area contributed by atoms with Crippen LogP contribution in [0.2, 0.25) is 0 Å². The Morgan fingerprint density at radius 2 is 1.81 bits per heavy atom. The van der Waals surface area contributed by atoms with E-state index in [1.54, 1.807) is 14.5 Å². The quantitative estimate of drug-likeness (QED) is 0.786. The lowest BCUT2D eigenvalue weighted by atomic mass is 10.2. The van der Waals surface area contributed by atoms with Crippen molar-refractivity contribution < 1.29 is 14.3 Å². The predicted octanol–water partition coefficient (Wildman–Crippen LogP) is 1.12. The summed E-state index contributed by atoms with van der Waals surface area (Å²) in [5.41, 5.74) is 3.00. The molecule has 0 unspecified atom stereocenters. The van der Waals surface area contributed by atoms with Gasteiger partial charge < -0.3 is 14.5 Å². The first-order valence-electron chi connectivity index (χ1n) is 8.60. The number of thiazole rings is 1. The van der Waals surface area contributed by atoms with Crippen LogP contribution in [0, 0.1) is 13.8 Å². The smallest absolute Gasteiger partial charge is 0.274 e. The van der Waals surface area contributed by atoms with E-state index in [0.717, 1.165) is 22.0 Å². The zero-order valence-corrected chi connectivity index (χ0v) is 15.9. The molecule has 4 rings (SSSR count). The first kappa shape index (κ1) is 17.2. The van der Waals surface area contributed by atoms with Crippen LogP contribution in [0.3, 0.4) is 0 Å². The maximum Gasteiger partial charge on any atom is 0.274 e. The van der Waals surface area contributed by atoms with Gasteiger partial charge in [0.25, 0.3) is 11.8 Å². The molecule has 138 valence electrons. The summed E-state index contributed by atoms with van der Waals surface area (Å²) in [6.45, 7) is 6.88. The van der Waals surface area contributed by atoms with E-state index >= 15 is 0 Å². The van der Waals surface area contributed by atoms with Gasteiger partial charge in [-0.15, -0.1) is 11.3 Å². The molecule has 9 heteroatoms. The molecule has 8 nitrogen and oxygen atoms in total. The van der Waals surface area contributed by atoms with E-state index in [1.807, 2.05) is 20.9 Å². The molecule has 4 heterocycles. The minimum atomic E-state index is -0.0794. The average Bonchev–Trinajstić information content (AvgIpc) is 3.29. The predicted molar refractivity (Wildman–Crippen MR) is 95.1 cm³/mol. The minimum absolute atomic E-state index is 0.0333. The monoisotopic (exact) mass is 375 g/mol. The van der Waals surface area contributed by atoms with E-state index < -0.39 is 0 Å². The lowest BCUT2D eigenvalue weighted by Crippen LogP contribution is -2.41. The van der Waals surface area contributed by atoms with Crippen molar-refractivity contribution in [3.8, 4) is 0 Å². The molecule has 2 aliphatic rings. The lowest BCUT2D eigenvalue weighted by Gasteiger charge is -2.26. The first-order chi connectivity index (χ1) is 12.5. The number of hydrogen-bond donors (Lipinski definition) is 0. The van der Waals surface area contributed by atoms with Crippen molar-refractivity contribution in [3.63, 3.8) is 0 Å². The van der Waals surface area contributed by atoms with Crippen molar-refractivity contribution in [1.82, 2.24) is 24.6 Å². The van der Waals surface area contributed by atoms with E-state index in [1.165, 1.54) is 11.3 Å². The molecule has 2 aliphatic heterocycles. The number of fused-ring (bicyclic) bond motifs is 1. The third-order valence-corrected chi connectivity index (χ3v) is 5.91. The number of aryl methyl sites for hydroxylation is 3. The van der Waals surface area contributed by atoms with Gasteiger partial charge in [0.05, 0.1) is 42.7 Å². The third kappa shape index (κ3) is 2.80. The normalized spacial score (nSPS) is 16.9. The van der Waals surface area contributed by atoms with Crippen LogP contribution in [0.4, 0.5) is 0 Å². The molecular formula is C17H21N5O3S. The van der Waals surface area contributed by atoms with Crippen molar-refractivity contribution in [2.45, 2.75) is 26.9 Å². The molecule has 0 N–H and O–H groups in total. The molecule has 1 fully saturated rings. The number of morpholine rings is 1. The average molecular weight is 375 g/mol. The summed E-state index contributed by atoms with van der Waals surface area (Å²) in [6.07, 6.45) is 0. The Kier molecular flexibility index (Phi) is 4.28. The highest BCUT2D eigenvalue weighted by Gasteiger charge is 2.35. The molecule has 2 aromatic rings. The molecule has 0 spiro atoms. The zero-order chi connectivity index (χ0) is 18.4. The van der Waals surface area contributed by atoms with Gasteiger partial charge in [0.2, 0.25) is 0 Å². The highest BCUT2D eigenvalue weighted by Crippen LogP contribution is 2.29. The number of hydrogen-bond acceptors (Lipinski definition) is 6. The molecule has 0 aromatic carbocycles. The Labute approximate surface area is 155 Å². The Morgan fingerprint density at radius 1 is 1.08 bits per heavy atom. The van der Waals surface area contributed by atoms with E-state index in [2.05, 4.69) is 10.1 Å². The van der Waals surface area contributed by atoms with Crippen LogP contribution in [-0.2, 0) is 24.9 Å². The summed E-state index contributed by atoms with van der Waals surface area (Å²) in [6, 6.07) is 0. The molecule has 0 aliphatic carbocycles. The standard InChI is InChI=1S/C17H21N5O3S/c1-10-15(26-11(2)18-10)17(24)22-8-12-13(9-22)20(3)19-14(12)16(23)21-4-6-25-7-5-21/h4-9H2,1-3H3. The number of ether oxygens (including phenoxy) is 1. The summed E-state index contributed by atoms with van der Waals surface area (Å²) in [5, 5.41) is 5.31. The fraction of sp³-hybridized carbons (Fsp3) is 0.529. The number of amides is 2. The SMILES string of the molecule is Cc1nc(C)c(C(=O)N2Cc3c(C(=O)N4CCOCC4)nn(C)c3C2)s1. The topological polar surface area (TPSA) is 80.6 Å². The van der Waals surface area contributed by atoms with Crippen LogP contribution < -0.4 is 0 Å². The van der Waals surface area contributed by atoms with Crippen LogP contribution in [0.1, 0.15) is 42.1 Å². The largest absolute Gasteiger partial charge is 0.378 e. The van der Waals surface area contributed by atoms with Crippen molar-refractivity contribution in [2.24, 2.45) is 7.05 Å². The van der Waals surface area contributed by atoms with Crippen LogP contribution in [0.5, 0.6) is 0 Å². The second-order valence-corrected chi connectivity index (χ2v) is 7.81. The van der Waals surface area contributed by atoms with Crippen molar-refractivity contribution in [2.75, 3.05) is 26.3 Å². The van der Waals surface area contributed by atoms with Gasteiger partial charge in [-0.3, -0.25) is 14.3 Å². The number of carbonyl (C=O) groups is 2. The maximum atomic E-state index is 12.9. The summed E-state index contributed by atoms with van der Waals surface area (Å²) in [5.74, 6) is -0.113. The third-order valence-electron chi connectivity index (χ3n) is 4.85. The molecule has 0 atom stereocenters. The minimum Gasteiger partial charge on any atom is -0.378 e. The van der Waals surface area contributed by atoms with E-state index in [0.29, 0.717) is 50.0 Å². The van der Waals surface area contributed by atoms with Gasteiger partial charge in [0, 0.05) is 25.7 Å². The van der Waals surface area contributed by atoms with E-state index in [4.69, 9.17) is 4.74 Å². The Balaban J connectivity index is 1.58. The molecule has 26 heavy (non-hydrogen) atoms. The van der Waals surface area contributed by atoms with E-state index in [-0.39, 0.29) is 11.8 Å². The second-order valence-electron chi connectivity index (χ2n) is 6.61. The fourth-order valence-corrected chi connectivity index (χ4v) is 4.39. The molecule has 0 bridgehead atoms. The fourth-order valence-electron chi connectivity index (χ4n) is 3.50. The summed E-state index contributed by atoms with van der Waals surface area (Å²) < 4.78 is 7.04. The van der Waals surface area contributed by atoms with Crippen LogP contribution in [0.25, 0.3) is 0 Å². The van der Waals surface area contributed by atoms with Gasteiger partial charge in [0.1, 0.15) is 4.88 Å². The highest BCUT2D eigenvalue weighted by molar-refractivity contribution is 7.13. The summed E-state index contributed by atoms with van der Waals surface area (Å²) in [7, 11) is 1.82. The van der Waals surface area contributed by atoms with Gasteiger partial charge in [-0.1, -0.05) is 0 Å². The molecule has 0 radical (unpaired) electrons. The Bertz CT molecular complexity index is 881. The molecule has 2 aromatic heterocycles. The zero-order valence-electron chi connectivity index (χ0n) is 15.1. The number of rotatable bonds is 2. The van der Waals surface area contributed by atoms with Gasteiger partial charge in [-0.2, -0.15) is 5.10 Å². The van der Waals surface area contributed by atoms with Crippen molar-refractivity contribution in [1.29, 1.82) is 0 Å². The Hall–Kier alpha value is -2.26. The number of carbonyl (C=O) groups excluding carboxylic acids is 2. The molecule has 1 saturated heterocycles. The summed E-state index contributed by atoms with van der Waals surface area (Å²) >= 11 is 1.41. The van der Waals surface area contributed by atoms with Gasteiger partial charge in [-0.25, -0.2) is 4.98 Å². The maximum absolute atomic E-state index is 12.9. The van der Waals surface area contributed by atoms with Crippen LogP contribution in [0.15, 0.2) is 0 Å². The van der Waals surface area contributed by atoms with Gasteiger partial charge in [-0.05, 0) is 13.8 Å². The highest BCUT2D eigenvalue weighted by atomic mass is 32.1. The second kappa shape index (κ2) is 6.48.